The summed E-state index contributed by atoms with van der Waals surface area (Å²) in [6.45, 7) is 1.63. The smallest absolute Gasteiger partial charge is 0.134 e. The zero-order valence-electron chi connectivity index (χ0n) is 8.34. The van der Waals surface area contributed by atoms with Gasteiger partial charge in [-0.3, -0.25) is 4.79 Å². The van der Waals surface area contributed by atoms with Crippen molar-refractivity contribution < 1.29 is 4.79 Å². The molecular formula is C11H13BrOS. The van der Waals surface area contributed by atoms with Gasteiger partial charge in [0.05, 0.1) is 0 Å². The van der Waals surface area contributed by atoms with Crippen LogP contribution in [0.25, 0.3) is 0 Å². The number of halogens is 1. The van der Waals surface area contributed by atoms with Gasteiger partial charge in [0, 0.05) is 16.6 Å². The number of carbonyl (C=O) groups is 1. The summed E-state index contributed by atoms with van der Waals surface area (Å²) in [5.74, 6) is 0.216. The van der Waals surface area contributed by atoms with Gasteiger partial charge in [0.1, 0.15) is 5.78 Å². The van der Waals surface area contributed by atoms with Gasteiger partial charge < -0.3 is 0 Å². The van der Waals surface area contributed by atoms with E-state index >= 15 is 0 Å². The van der Waals surface area contributed by atoms with Gasteiger partial charge in [0.15, 0.2) is 0 Å². The fourth-order valence-electron chi connectivity index (χ4n) is 1.38. The molecule has 0 saturated carbocycles. The molecule has 0 atom stereocenters. The number of benzene rings is 1. The zero-order chi connectivity index (χ0) is 10.6. The topological polar surface area (TPSA) is 17.1 Å². The molecule has 14 heavy (non-hydrogen) atoms. The van der Waals surface area contributed by atoms with Gasteiger partial charge in [-0.05, 0) is 30.4 Å². The van der Waals surface area contributed by atoms with Crippen LogP contribution >= 0.6 is 27.7 Å². The first-order valence-corrected chi connectivity index (χ1v) is 6.73. The Morgan fingerprint density at radius 3 is 2.71 bits per heavy atom. The van der Waals surface area contributed by atoms with Crippen molar-refractivity contribution in [3.05, 3.63) is 29.3 Å². The maximum atomic E-state index is 11.1. The molecule has 0 N–H and O–H groups in total. The molecule has 0 aliphatic heterocycles. The molecule has 0 amide bonds. The van der Waals surface area contributed by atoms with Crippen molar-refractivity contribution in [3.8, 4) is 0 Å². The summed E-state index contributed by atoms with van der Waals surface area (Å²) in [4.78, 5) is 12.3. The molecule has 3 heteroatoms. The van der Waals surface area contributed by atoms with E-state index in [0.717, 1.165) is 5.33 Å². The minimum Gasteiger partial charge on any atom is -0.300 e. The Balaban J connectivity index is 3.12. The molecule has 1 nitrogen and oxygen atoms in total. The predicted molar refractivity (Wildman–Crippen MR) is 65.2 cm³/mol. The Kier molecular flexibility index (Phi) is 4.69. The Labute approximate surface area is 97.4 Å². The van der Waals surface area contributed by atoms with Gasteiger partial charge in [0.2, 0.25) is 0 Å². The second-order valence-corrected chi connectivity index (χ2v) is 4.52. The first kappa shape index (κ1) is 11.8. The number of rotatable bonds is 4. The van der Waals surface area contributed by atoms with Gasteiger partial charge >= 0.3 is 0 Å². The summed E-state index contributed by atoms with van der Waals surface area (Å²) in [6, 6.07) is 6.16. The van der Waals surface area contributed by atoms with E-state index in [1.54, 1.807) is 18.7 Å². The average molecular weight is 273 g/mol. The van der Waals surface area contributed by atoms with E-state index in [9.17, 15) is 4.79 Å². The van der Waals surface area contributed by atoms with Crippen molar-refractivity contribution >= 4 is 33.5 Å². The van der Waals surface area contributed by atoms with Crippen LogP contribution < -0.4 is 0 Å². The van der Waals surface area contributed by atoms with Gasteiger partial charge in [-0.25, -0.2) is 0 Å². The third kappa shape index (κ3) is 2.85. The van der Waals surface area contributed by atoms with Crippen LogP contribution in [-0.2, 0) is 16.5 Å². The van der Waals surface area contributed by atoms with Crippen molar-refractivity contribution in [1.29, 1.82) is 0 Å². The molecule has 0 spiro atoms. The molecule has 1 aromatic rings. The molecule has 76 valence electrons. The van der Waals surface area contributed by atoms with E-state index in [0.29, 0.717) is 6.42 Å². The van der Waals surface area contributed by atoms with Crippen molar-refractivity contribution in [3.63, 3.8) is 0 Å². The van der Waals surface area contributed by atoms with Gasteiger partial charge in [-0.2, -0.15) is 0 Å². The molecule has 0 unspecified atom stereocenters. The van der Waals surface area contributed by atoms with Crippen molar-refractivity contribution in [2.45, 2.75) is 23.6 Å². The highest BCUT2D eigenvalue weighted by atomic mass is 79.9. The third-order valence-electron chi connectivity index (χ3n) is 2.02. The van der Waals surface area contributed by atoms with E-state index in [-0.39, 0.29) is 5.78 Å². The minimum atomic E-state index is 0.216. The lowest BCUT2D eigenvalue weighted by atomic mass is 10.0. The fourth-order valence-corrected chi connectivity index (χ4v) is 2.57. The lowest BCUT2D eigenvalue weighted by Gasteiger charge is -2.10. The van der Waals surface area contributed by atoms with Crippen molar-refractivity contribution in [2.75, 3.05) is 6.26 Å². The largest absolute Gasteiger partial charge is 0.300 e. The van der Waals surface area contributed by atoms with E-state index in [1.165, 1.54) is 16.0 Å². The lowest BCUT2D eigenvalue weighted by molar-refractivity contribution is -0.116. The van der Waals surface area contributed by atoms with Crippen LogP contribution in [-0.4, -0.2) is 12.0 Å². The van der Waals surface area contributed by atoms with Crippen molar-refractivity contribution in [1.82, 2.24) is 0 Å². The van der Waals surface area contributed by atoms with Crippen molar-refractivity contribution in [2.24, 2.45) is 0 Å². The normalized spacial score (nSPS) is 10.2. The molecule has 1 aromatic carbocycles. The molecule has 0 radical (unpaired) electrons. The second-order valence-electron chi connectivity index (χ2n) is 3.11. The Morgan fingerprint density at radius 1 is 1.50 bits per heavy atom. The van der Waals surface area contributed by atoms with Gasteiger partial charge in [-0.15, -0.1) is 11.8 Å². The van der Waals surface area contributed by atoms with Crippen LogP contribution in [0.2, 0.25) is 0 Å². The molecule has 0 bridgehead atoms. The van der Waals surface area contributed by atoms with Crippen LogP contribution in [0, 0.1) is 0 Å². The van der Waals surface area contributed by atoms with E-state index in [4.69, 9.17) is 0 Å². The summed E-state index contributed by atoms with van der Waals surface area (Å²) in [5, 5.41) is 0.810. The van der Waals surface area contributed by atoms with Crippen LogP contribution in [0.4, 0.5) is 0 Å². The highest BCUT2D eigenvalue weighted by Crippen LogP contribution is 2.25. The quantitative estimate of drug-likeness (QED) is 0.617. The molecule has 0 aliphatic rings. The maximum absolute atomic E-state index is 11.1. The molecule has 1 rings (SSSR count). The number of carbonyl (C=O) groups excluding carboxylic acids is 1. The summed E-state index contributed by atoms with van der Waals surface area (Å²) in [6.07, 6.45) is 2.58. The molecular weight excluding hydrogens is 260 g/mol. The van der Waals surface area contributed by atoms with Crippen LogP contribution in [0.5, 0.6) is 0 Å². The average Bonchev–Trinajstić information content (AvgIpc) is 2.17. The molecule has 0 heterocycles. The number of thioether (sulfide) groups is 1. The predicted octanol–water partition coefficient (Wildman–Crippen LogP) is 3.43. The maximum Gasteiger partial charge on any atom is 0.134 e. The van der Waals surface area contributed by atoms with E-state index in [2.05, 4.69) is 28.1 Å². The van der Waals surface area contributed by atoms with E-state index in [1.807, 2.05) is 12.3 Å². The highest BCUT2D eigenvalue weighted by molar-refractivity contribution is 9.08. The first-order chi connectivity index (χ1) is 6.69. The fraction of sp³-hybridized carbons (Fsp3) is 0.364. The Bertz CT molecular complexity index is 314. The molecule has 0 saturated heterocycles. The first-order valence-electron chi connectivity index (χ1n) is 4.39. The Hall–Kier alpha value is -0.280. The summed E-state index contributed by atoms with van der Waals surface area (Å²) in [5.41, 5.74) is 2.39. The van der Waals surface area contributed by atoms with Crippen LogP contribution in [0.3, 0.4) is 0 Å². The lowest BCUT2D eigenvalue weighted by Crippen LogP contribution is -2.01. The molecule has 0 aromatic heterocycles. The van der Waals surface area contributed by atoms with Crippen LogP contribution in [0.15, 0.2) is 23.1 Å². The summed E-state index contributed by atoms with van der Waals surface area (Å²) >= 11 is 5.13. The van der Waals surface area contributed by atoms with E-state index < -0.39 is 0 Å². The van der Waals surface area contributed by atoms with Gasteiger partial charge in [-0.1, -0.05) is 28.1 Å². The Morgan fingerprint density at radius 2 is 2.21 bits per heavy atom. The summed E-state index contributed by atoms with van der Waals surface area (Å²) < 4.78 is 0. The number of ketones is 1. The number of hydrogen-bond donors (Lipinski definition) is 0. The SMILES string of the molecule is CSc1cccc(CBr)c1CC(C)=O. The molecule has 0 aliphatic carbocycles. The molecule has 0 fully saturated rings. The zero-order valence-corrected chi connectivity index (χ0v) is 10.7. The standard InChI is InChI=1S/C11H13BrOS/c1-8(13)6-10-9(7-12)4-3-5-11(10)14-2/h3-5H,6-7H2,1-2H3. The number of Topliss-reactive ketones (excluding diaryl/α,β-unsaturated/α-hetero) is 1. The minimum absolute atomic E-state index is 0.216. The third-order valence-corrected chi connectivity index (χ3v) is 3.45. The second kappa shape index (κ2) is 5.56. The number of hydrogen-bond acceptors (Lipinski definition) is 2. The summed E-state index contributed by atoms with van der Waals surface area (Å²) in [7, 11) is 0. The van der Waals surface area contributed by atoms with Gasteiger partial charge in [0.25, 0.3) is 0 Å². The number of alkyl halides is 1. The highest BCUT2D eigenvalue weighted by Gasteiger charge is 2.08. The van der Waals surface area contributed by atoms with Crippen LogP contribution in [0.1, 0.15) is 18.1 Å². The monoisotopic (exact) mass is 272 g/mol.